The average Bonchev–Trinajstić information content (AvgIpc) is 4.07. The van der Waals surface area contributed by atoms with E-state index in [9.17, 15) is 9.59 Å². The molecule has 2 bridgehead atoms. The van der Waals surface area contributed by atoms with Gasteiger partial charge >= 0.3 is 6.09 Å². The van der Waals surface area contributed by atoms with Crippen molar-refractivity contribution >= 4 is 44.9 Å². The topological polar surface area (TPSA) is 121 Å². The standard InChI is InChI=1S/C44H46N6O4/c1-53-44(52)49-40(25-14-17-54-18-15-25)43(51)50-33-11-8-32(22-33)41(50)42-46-24-39(48-42)31-7-6-27-19-26(4-5-28(27)21-31)29-9-12-34-30(20-29)10-13-36-35(34)23-38(47-36)37-3-2-16-45-37/h4-7,9-10,12-13,19-21,24-25,32-33,37,40-41,45H,2-3,8,11,14-18,22-23H2,1H3,(H,46,48)(H,49,52)/t32-,33+,37-,40-,41-/m0/s1. The first-order valence-corrected chi connectivity index (χ1v) is 19.7. The number of nitrogens with zero attached hydrogens (tertiary/aromatic N) is 3. The molecule has 5 aromatic rings. The minimum atomic E-state index is -0.653. The van der Waals surface area contributed by atoms with E-state index in [0.717, 1.165) is 73.2 Å². The fourth-order valence-corrected chi connectivity index (χ4v) is 10.1. The number of alkyl carbamates (subject to hydrolysis) is 1. The largest absolute Gasteiger partial charge is 0.453 e. The molecule has 5 atom stereocenters. The molecular weight excluding hydrogens is 677 g/mol. The quantitative estimate of drug-likeness (QED) is 0.159. The summed E-state index contributed by atoms with van der Waals surface area (Å²) in [5.41, 5.74) is 8.13. The van der Waals surface area contributed by atoms with Crippen LogP contribution in [0.3, 0.4) is 0 Å². The summed E-state index contributed by atoms with van der Waals surface area (Å²) in [6.07, 6.45) is 9.09. The number of imidazole rings is 1. The van der Waals surface area contributed by atoms with Crippen molar-refractivity contribution in [3.8, 4) is 22.4 Å². The van der Waals surface area contributed by atoms with Crippen molar-refractivity contribution in [2.24, 2.45) is 16.8 Å². The van der Waals surface area contributed by atoms with Crippen LogP contribution in [0, 0.1) is 11.8 Å². The highest BCUT2D eigenvalue weighted by Gasteiger charge is 2.52. The Morgan fingerprint density at radius 2 is 1.67 bits per heavy atom. The zero-order valence-corrected chi connectivity index (χ0v) is 30.6. The Kier molecular flexibility index (Phi) is 8.47. The zero-order chi connectivity index (χ0) is 36.3. The molecule has 10 rings (SSSR count). The van der Waals surface area contributed by atoms with E-state index >= 15 is 0 Å². The molecule has 0 spiro atoms. The van der Waals surface area contributed by atoms with Gasteiger partial charge in [0.2, 0.25) is 5.91 Å². The number of H-pyrrole nitrogens is 1. The molecule has 3 N–H and O–H groups in total. The maximum atomic E-state index is 14.4. The molecule has 4 aliphatic heterocycles. The molecule has 5 heterocycles. The van der Waals surface area contributed by atoms with Crippen molar-refractivity contribution in [1.82, 2.24) is 25.5 Å². The number of likely N-dealkylation sites (tertiary alicyclic amines) is 1. The Bertz CT molecular complexity index is 2300. The first-order chi connectivity index (χ1) is 26.5. The lowest BCUT2D eigenvalue weighted by molar-refractivity contribution is -0.140. The van der Waals surface area contributed by atoms with Crippen molar-refractivity contribution in [1.29, 1.82) is 0 Å². The number of hydrogen-bond donors (Lipinski definition) is 3. The van der Waals surface area contributed by atoms with Crippen LogP contribution in [-0.2, 0) is 20.7 Å². The van der Waals surface area contributed by atoms with Gasteiger partial charge in [0.25, 0.3) is 0 Å². The Hall–Kier alpha value is -5.06. The summed E-state index contributed by atoms with van der Waals surface area (Å²) >= 11 is 0. The van der Waals surface area contributed by atoms with Crippen molar-refractivity contribution in [2.75, 3.05) is 26.9 Å². The van der Waals surface area contributed by atoms with Crippen LogP contribution in [0.1, 0.15) is 62.4 Å². The van der Waals surface area contributed by atoms with Crippen molar-refractivity contribution in [2.45, 2.75) is 75.5 Å². The lowest BCUT2D eigenvalue weighted by Crippen LogP contribution is -2.55. The fraction of sp³-hybridized carbons (Fsp3) is 0.409. The SMILES string of the molecule is COC(=O)N[C@H](C(=O)N1[C@@H]2CC[C@@H](C2)[C@H]1c1ncc(-c2ccc3cc(-c4ccc5c6c(ccc5c4)N=C([C@@H]4CCCN4)C6)ccc3c2)[nH]1)C1CCOCC1. The number of amides is 2. The summed E-state index contributed by atoms with van der Waals surface area (Å²) in [6, 6.07) is 24.2. The van der Waals surface area contributed by atoms with Crippen LogP contribution in [-0.4, -0.2) is 77.6 Å². The van der Waals surface area contributed by atoms with Crippen LogP contribution in [0.25, 0.3) is 43.9 Å². The second-order valence-electron chi connectivity index (χ2n) is 15.9. The molecule has 2 amide bonds. The van der Waals surface area contributed by atoms with Gasteiger partial charge in [-0.15, -0.1) is 0 Å². The number of rotatable bonds is 7. The molecule has 5 aliphatic rings. The third-order valence-corrected chi connectivity index (χ3v) is 12.9. The lowest BCUT2D eigenvalue weighted by Gasteiger charge is -2.39. The minimum Gasteiger partial charge on any atom is -0.453 e. The number of methoxy groups -OCH3 is 1. The number of benzene rings is 4. The van der Waals surface area contributed by atoms with Gasteiger partial charge in [0, 0.05) is 43.0 Å². The fourth-order valence-electron chi connectivity index (χ4n) is 10.1. The number of aliphatic imine (C=N–C) groups is 1. The van der Waals surface area contributed by atoms with Crippen LogP contribution >= 0.6 is 0 Å². The van der Waals surface area contributed by atoms with E-state index in [1.807, 2.05) is 11.1 Å². The number of ether oxygens (including phenoxy) is 2. The predicted octanol–water partition coefficient (Wildman–Crippen LogP) is 7.63. The van der Waals surface area contributed by atoms with E-state index < -0.39 is 12.1 Å². The normalized spacial score (nSPS) is 24.2. The Morgan fingerprint density at radius 1 is 0.907 bits per heavy atom. The van der Waals surface area contributed by atoms with Crippen LogP contribution in [0.5, 0.6) is 0 Å². The maximum Gasteiger partial charge on any atom is 0.407 e. The predicted molar refractivity (Wildman–Crippen MR) is 210 cm³/mol. The summed E-state index contributed by atoms with van der Waals surface area (Å²) in [5.74, 6) is 1.10. The molecule has 0 unspecified atom stereocenters. The van der Waals surface area contributed by atoms with Gasteiger partial charge in [-0.25, -0.2) is 9.78 Å². The molecule has 4 fully saturated rings. The molecule has 3 saturated heterocycles. The van der Waals surface area contributed by atoms with Gasteiger partial charge in [-0.1, -0.05) is 42.5 Å². The Morgan fingerprint density at radius 3 is 2.46 bits per heavy atom. The van der Waals surface area contributed by atoms with Crippen molar-refractivity contribution < 1.29 is 19.1 Å². The van der Waals surface area contributed by atoms with E-state index in [-0.39, 0.29) is 23.9 Å². The van der Waals surface area contributed by atoms with Crippen LogP contribution in [0.15, 0.2) is 77.9 Å². The Balaban J connectivity index is 0.888. The number of nitrogens with one attached hydrogen (secondary N) is 3. The number of aromatic amines is 1. The second-order valence-corrected chi connectivity index (χ2v) is 15.9. The third kappa shape index (κ3) is 5.87. The van der Waals surface area contributed by atoms with Crippen LogP contribution in [0.4, 0.5) is 10.5 Å². The molecule has 54 heavy (non-hydrogen) atoms. The number of fused-ring (bicyclic) bond motifs is 6. The summed E-state index contributed by atoms with van der Waals surface area (Å²) in [4.78, 5) is 42.3. The van der Waals surface area contributed by atoms with Gasteiger partial charge in [0.1, 0.15) is 11.9 Å². The summed E-state index contributed by atoms with van der Waals surface area (Å²) in [7, 11) is 1.34. The van der Waals surface area contributed by atoms with E-state index in [4.69, 9.17) is 19.5 Å². The maximum absolute atomic E-state index is 14.4. The number of carbonyl (C=O) groups is 2. The molecule has 10 nitrogen and oxygen atoms in total. The first kappa shape index (κ1) is 33.5. The highest BCUT2D eigenvalue weighted by Crippen LogP contribution is 2.50. The Labute approximate surface area is 314 Å². The van der Waals surface area contributed by atoms with Crippen molar-refractivity contribution in [3.05, 3.63) is 84.3 Å². The highest BCUT2D eigenvalue weighted by molar-refractivity contribution is 6.04. The van der Waals surface area contributed by atoms with Crippen molar-refractivity contribution in [3.63, 3.8) is 0 Å². The number of carbonyl (C=O) groups excluding carboxylic acids is 2. The molecule has 276 valence electrons. The lowest BCUT2D eigenvalue weighted by atomic mass is 9.89. The van der Waals surface area contributed by atoms with Gasteiger partial charge in [-0.3, -0.25) is 9.79 Å². The molecule has 1 saturated carbocycles. The average molecular weight is 723 g/mol. The van der Waals surface area contributed by atoms with Gasteiger partial charge in [-0.2, -0.15) is 0 Å². The number of aromatic nitrogens is 2. The molecule has 0 radical (unpaired) electrons. The summed E-state index contributed by atoms with van der Waals surface area (Å²) in [5, 5.41) is 11.4. The van der Waals surface area contributed by atoms with E-state index in [1.165, 1.54) is 58.5 Å². The molecular formula is C44H46N6O4. The van der Waals surface area contributed by atoms with Crippen LogP contribution < -0.4 is 10.6 Å². The minimum absolute atomic E-state index is 0.000145. The first-order valence-electron chi connectivity index (χ1n) is 19.7. The van der Waals surface area contributed by atoms with E-state index in [0.29, 0.717) is 25.2 Å². The second kappa shape index (κ2) is 13.7. The molecule has 4 aromatic carbocycles. The third-order valence-electron chi connectivity index (χ3n) is 12.9. The summed E-state index contributed by atoms with van der Waals surface area (Å²) < 4.78 is 10.5. The van der Waals surface area contributed by atoms with Gasteiger partial charge < -0.3 is 30.0 Å². The van der Waals surface area contributed by atoms with E-state index in [2.05, 4.69) is 82.3 Å². The molecule has 1 aromatic heterocycles. The number of hydrogen-bond acceptors (Lipinski definition) is 7. The van der Waals surface area contributed by atoms with Gasteiger partial charge in [0.15, 0.2) is 0 Å². The molecule has 10 heteroatoms. The highest BCUT2D eigenvalue weighted by atomic mass is 16.5. The van der Waals surface area contributed by atoms with Gasteiger partial charge in [0.05, 0.1) is 30.7 Å². The van der Waals surface area contributed by atoms with E-state index in [1.54, 1.807) is 0 Å². The summed E-state index contributed by atoms with van der Waals surface area (Å²) in [6.45, 7) is 2.26. The van der Waals surface area contributed by atoms with Crippen LogP contribution in [0.2, 0.25) is 0 Å². The van der Waals surface area contributed by atoms with Gasteiger partial charge in [-0.05, 0) is 126 Å². The smallest absolute Gasteiger partial charge is 0.407 e. The monoisotopic (exact) mass is 722 g/mol. The zero-order valence-electron chi connectivity index (χ0n) is 30.6. The number of piperidine rings is 1. The molecule has 1 aliphatic carbocycles.